The van der Waals surface area contributed by atoms with Crippen molar-refractivity contribution in [2.24, 2.45) is 0 Å². The fourth-order valence-electron chi connectivity index (χ4n) is 4.20. The molecule has 2 aliphatic rings. The number of rotatable bonds is 6. The van der Waals surface area contributed by atoms with Crippen LogP contribution >= 0.6 is 0 Å². The molecule has 5 rings (SSSR count). The predicted molar refractivity (Wildman–Crippen MR) is 129 cm³/mol. The van der Waals surface area contributed by atoms with Crippen LogP contribution in [0.25, 0.3) is 0 Å². The highest BCUT2D eigenvalue weighted by atomic mass is 32.2. The smallest absolute Gasteiger partial charge is 0.253 e. The largest absolute Gasteiger partial charge is 0.489 e. The van der Waals surface area contributed by atoms with Crippen molar-refractivity contribution in [2.75, 3.05) is 39.4 Å². The topological polar surface area (TPSA) is 111 Å². The molecule has 11 heteroatoms. The number of hydrogen-bond donors (Lipinski definition) is 0. The first-order valence-electron chi connectivity index (χ1n) is 11.7. The number of hydrogen-bond acceptors (Lipinski definition) is 8. The van der Waals surface area contributed by atoms with Crippen LogP contribution in [-0.4, -0.2) is 68.1 Å². The van der Waals surface area contributed by atoms with Crippen molar-refractivity contribution in [2.45, 2.75) is 25.3 Å². The highest BCUT2D eigenvalue weighted by Gasteiger charge is 2.31. The fraction of sp³-hybridized carbons (Fsp3) is 0.360. The van der Waals surface area contributed by atoms with Crippen molar-refractivity contribution < 1.29 is 31.9 Å². The van der Waals surface area contributed by atoms with Gasteiger partial charge in [0.25, 0.3) is 5.91 Å². The Morgan fingerprint density at radius 1 is 0.972 bits per heavy atom. The minimum atomic E-state index is -3.71. The van der Waals surface area contributed by atoms with E-state index >= 15 is 0 Å². The Kier molecular flexibility index (Phi) is 6.59. The number of fused-ring (bicyclic) bond motifs is 1. The Hall–Kier alpha value is -3.57. The first kappa shape index (κ1) is 24.1. The molecule has 0 bridgehead atoms. The van der Waals surface area contributed by atoms with Gasteiger partial charge in [-0.2, -0.15) is 4.31 Å². The van der Waals surface area contributed by atoms with Gasteiger partial charge in [0.1, 0.15) is 31.3 Å². The van der Waals surface area contributed by atoms with Crippen LogP contribution < -0.4 is 14.2 Å². The number of amides is 1. The number of carbonyl (C=O) groups is 1. The maximum Gasteiger partial charge on any atom is 0.253 e. The molecule has 36 heavy (non-hydrogen) atoms. The predicted octanol–water partition coefficient (Wildman–Crippen LogP) is 2.79. The number of piperazine rings is 1. The van der Waals surface area contributed by atoms with E-state index in [0.29, 0.717) is 55.7 Å². The van der Waals surface area contributed by atoms with Gasteiger partial charge in [-0.15, -0.1) is 0 Å². The number of nitrogens with zero attached hydrogens (tertiary/aromatic N) is 3. The van der Waals surface area contributed by atoms with E-state index in [9.17, 15) is 13.2 Å². The second-order valence-corrected chi connectivity index (χ2v) is 10.6. The van der Waals surface area contributed by atoms with Crippen molar-refractivity contribution in [3.63, 3.8) is 0 Å². The van der Waals surface area contributed by atoms with Gasteiger partial charge in [0.2, 0.25) is 10.0 Å². The lowest BCUT2D eigenvalue weighted by Crippen LogP contribution is -2.50. The summed E-state index contributed by atoms with van der Waals surface area (Å²) in [6, 6.07) is 11.5. The van der Waals surface area contributed by atoms with Crippen LogP contribution in [0.1, 0.15) is 27.4 Å². The summed E-state index contributed by atoms with van der Waals surface area (Å²) >= 11 is 0. The highest BCUT2D eigenvalue weighted by Crippen LogP contribution is 2.33. The summed E-state index contributed by atoms with van der Waals surface area (Å²) in [5.74, 6) is 2.16. The van der Waals surface area contributed by atoms with Crippen LogP contribution in [0.4, 0.5) is 0 Å². The molecular weight excluding hydrogens is 486 g/mol. The summed E-state index contributed by atoms with van der Waals surface area (Å²) in [5, 5.41) is 3.92. The summed E-state index contributed by atoms with van der Waals surface area (Å²) in [6.07, 6.45) is 0. The SMILES string of the molecule is Cc1noc(C)c1COc1ccc(C(=O)N2CCN(S(=O)(=O)c3ccc4c(c3)OCCO4)CC2)cc1. The molecule has 0 unspecified atom stereocenters. The van der Waals surface area contributed by atoms with Gasteiger partial charge in [-0.1, -0.05) is 5.16 Å². The first-order chi connectivity index (χ1) is 17.3. The van der Waals surface area contributed by atoms with Gasteiger partial charge in [-0.25, -0.2) is 8.42 Å². The third-order valence-electron chi connectivity index (χ3n) is 6.34. The van der Waals surface area contributed by atoms with Gasteiger partial charge in [0.15, 0.2) is 11.5 Å². The van der Waals surface area contributed by atoms with Crippen molar-refractivity contribution in [3.8, 4) is 17.2 Å². The number of sulfonamides is 1. The number of ether oxygens (including phenoxy) is 3. The molecule has 0 saturated carbocycles. The molecule has 0 radical (unpaired) electrons. The van der Waals surface area contributed by atoms with Crippen LogP contribution in [0.3, 0.4) is 0 Å². The lowest BCUT2D eigenvalue weighted by Gasteiger charge is -2.34. The molecule has 190 valence electrons. The van der Waals surface area contributed by atoms with E-state index in [1.54, 1.807) is 35.2 Å². The Bertz CT molecular complexity index is 1340. The summed E-state index contributed by atoms with van der Waals surface area (Å²) in [5.41, 5.74) is 2.21. The number of carbonyl (C=O) groups excluding carboxylic acids is 1. The van der Waals surface area contributed by atoms with Crippen molar-refractivity contribution in [1.82, 2.24) is 14.4 Å². The summed E-state index contributed by atoms with van der Waals surface area (Å²) < 4.78 is 49.6. The molecular formula is C25H27N3O7S. The molecule has 1 aromatic heterocycles. The molecule has 2 aromatic carbocycles. The first-order valence-corrected chi connectivity index (χ1v) is 13.1. The average molecular weight is 514 g/mol. The zero-order valence-electron chi connectivity index (χ0n) is 20.1. The summed E-state index contributed by atoms with van der Waals surface area (Å²) in [6.45, 7) is 5.86. The molecule has 2 aliphatic heterocycles. The second kappa shape index (κ2) is 9.82. The number of benzene rings is 2. The summed E-state index contributed by atoms with van der Waals surface area (Å²) in [7, 11) is -3.71. The second-order valence-electron chi connectivity index (χ2n) is 8.62. The lowest BCUT2D eigenvalue weighted by molar-refractivity contribution is 0.0698. The number of aromatic nitrogens is 1. The van der Waals surface area contributed by atoms with Crippen LogP contribution in [-0.2, 0) is 16.6 Å². The van der Waals surface area contributed by atoms with Crippen molar-refractivity contribution in [1.29, 1.82) is 0 Å². The summed E-state index contributed by atoms with van der Waals surface area (Å²) in [4.78, 5) is 14.8. The van der Waals surface area contributed by atoms with E-state index < -0.39 is 10.0 Å². The van der Waals surface area contributed by atoms with E-state index in [1.165, 1.54) is 16.4 Å². The fourth-order valence-corrected chi connectivity index (χ4v) is 5.64. The number of aryl methyl sites for hydroxylation is 2. The Labute approximate surface area is 209 Å². The Morgan fingerprint density at radius 3 is 2.33 bits per heavy atom. The monoisotopic (exact) mass is 513 g/mol. The van der Waals surface area contributed by atoms with Crippen molar-refractivity contribution in [3.05, 3.63) is 65.0 Å². The molecule has 3 heterocycles. The highest BCUT2D eigenvalue weighted by molar-refractivity contribution is 7.89. The van der Waals surface area contributed by atoms with E-state index in [2.05, 4.69) is 5.16 Å². The minimum absolute atomic E-state index is 0.149. The van der Waals surface area contributed by atoms with Crippen LogP contribution in [0.15, 0.2) is 51.9 Å². The van der Waals surface area contributed by atoms with Crippen LogP contribution in [0.2, 0.25) is 0 Å². The molecule has 0 spiro atoms. The maximum absolute atomic E-state index is 13.1. The standard InChI is InChI=1S/C25H27N3O7S/c1-17-22(18(2)35-26-17)16-34-20-5-3-19(4-6-20)25(29)27-9-11-28(12-10-27)36(30,31)21-7-8-23-24(15-21)33-14-13-32-23/h3-8,15H,9-14,16H2,1-2H3. The quantitative estimate of drug-likeness (QED) is 0.495. The minimum Gasteiger partial charge on any atom is -0.489 e. The van der Waals surface area contributed by atoms with E-state index in [1.807, 2.05) is 13.8 Å². The molecule has 10 nitrogen and oxygen atoms in total. The molecule has 0 N–H and O–H groups in total. The molecule has 0 aliphatic carbocycles. The van der Waals surface area contributed by atoms with Gasteiger partial charge in [-0.3, -0.25) is 4.79 Å². The van der Waals surface area contributed by atoms with Gasteiger partial charge >= 0.3 is 0 Å². The van der Waals surface area contributed by atoms with E-state index in [-0.39, 0.29) is 23.9 Å². The molecule has 1 saturated heterocycles. The maximum atomic E-state index is 13.1. The zero-order chi connectivity index (χ0) is 25.3. The third-order valence-corrected chi connectivity index (χ3v) is 8.24. The normalized spacial score (nSPS) is 16.1. The van der Waals surface area contributed by atoms with Crippen LogP contribution in [0, 0.1) is 13.8 Å². The Balaban J connectivity index is 1.18. The molecule has 0 atom stereocenters. The van der Waals surface area contributed by atoms with Crippen LogP contribution in [0.5, 0.6) is 17.2 Å². The molecule has 1 fully saturated rings. The van der Waals surface area contributed by atoms with E-state index in [4.69, 9.17) is 18.7 Å². The van der Waals surface area contributed by atoms with Crippen molar-refractivity contribution >= 4 is 15.9 Å². The van der Waals surface area contributed by atoms with Gasteiger partial charge < -0.3 is 23.6 Å². The molecule has 1 amide bonds. The lowest BCUT2D eigenvalue weighted by atomic mass is 10.1. The van der Waals surface area contributed by atoms with Gasteiger partial charge in [0.05, 0.1) is 16.2 Å². The Morgan fingerprint density at radius 2 is 1.67 bits per heavy atom. The third kappa shape index (κ3) is 4.76. The zero-order valence-corrected chi connectivity index (χ0v) is 20.9. The van der Waals surface area contributed by atoms with Gasteiger partial charge in [0, 0.05) is 37.8 Å². The average Bonchev–Trinajstić information content (AvgIpc) is 3.23. The molecule has 3 aromatic rings. The van der Waals surface area contributed by atoms with E-state index in [0.717, 1.165) is 17.0 Å². The van der Waals surface area contributed by atoms with Gasteiger partial charge in [-0.05, 0) is 50.2 Å².